The Bertz CT molecular complexity index is 1930. The SMILES string of the molecule is CNC(=O)c1c(-c2ccc(Oc3ccc(F)cc3)cc2)oc2cc3c(cc12)[C@H](C)O[C@H](COC(=O)OCCOCCOCCOC)CN3S(C)(=O)=O. The Labute approximate surface area is 300 Å². The number of hydrogen-bond donors (Lipinski definition) is 1. The molecule has 0 fully saturated rings. The van der Waals surface area contributed by atoms with Gasteiger partial charge in [0.1, 0.15) is 48.0 Å². The summed E-state index contributed by atoms with van der Waals surface area (Å²) in [7, 11) is -0.799. The number of sulfonamides is 1. The topological polar surface area (TPSA) is 161 Å². The van der Waals surface area contributed by atoms with Gasteiger partial charge in [-0.25, -0.2) is 17.6 Å². The van der Waals surface area contributed by atoms with Crippen LogP contribution in [0.25, 0.3) is 22.3 Å². The molecule has 0 saturated carbocycles. The molecule has 16 heteroatoms. The fourth-order valence-corrected chi connectivity index (χ4v) is 6.45. The van der Waals surface area contributed by atoms with Crippen molar-refractivity contribution < 1.29 is 60.0 Å². The number of anilines is 1. The van der Waals surface area contributed by atoms with Crippen LogP contribution in [0.5, 0.6) is 11.5 Å². The van der Waals surface area contributed by atoms with Crippen LogP contribution in [0.1, 0.15) is 28.9 Å². The quantitative estimate of drug-likeness (QED) is 0.114. The van der Waals surface area contributed by atoms with Crippen LogP contribution < -0.4 is 14.4 Å². The smallest absolute Gasteiger partial charge is 0.457 e. The van der Waals surface area contributed by atoms with Crippen LogP contribution in [-0.2, 0) is 38.4 Å². The van der Waals surface area contributed by atoms with E-state index >= 15 is 0 Å². The number of hydrogen-bond acceptors (Lipinski definition) is 12. The van der Waals surface area contributed by atoms with Crippen molar-refractivity contribution in [2.75, 3.05) is 77.5 Å². The van der Waals surface area contributed by atoms with Crippen molar-refractivity contribution in [3.05, 3.63) is 77.6 Å². The molecule has 0 aliphatic carbocycles. The van der Waals surface area contributed by atoms with Crippen LogP contribution in [-0.4, -0.2) is 99.8 Å². The van der Waals surface area contributed by atoms with Crippen molar-refractivity contribution >= 4 is 38.7 Å². The molecule has 3 aromatic carbocycles. The van der Waals surface area contributed by atoms with Gasteiger partial charge in [-0.2, -0.15) is 0 Å². The van der Waals surface area contributed by atoms with Crippen molar-refractivity contribution in [2.45, 2.75) is 19.1 Å². The third kappa shape index (κ3) is 9.77. The fraction of sp³-hybridized carbons (Fsp3) is 0.389. The van der Waals surface area contributed by atoms with Gasteiger partial charge in [0.15, 0.2) is 0 Å². The Hall–Kier alpha value is -4.74. The maximum absolute atomic E-state index is 13.3. The Morgan fingerprint density at radius 2 is 1.56 bits per heavy atom. The Kier molecular flexibility index (Phi) is 13.1. The number of methoxy groups -OCH3 is 1. The summed E-state index contributed by atoms with van der Waals surface area (Å²) < 4.78 is 84.8. The second kappa shape index (κ2) is 17.7. The molecule has 1 aliphatic heterocycles. The number of rotatable bonds is 16. The molecule has 4 aromatic rings. The molecule has 2 heterocycles. The molecule has 280 valence electrons. The van der Waals surface area contributed by atoms with E-state index in [1.165, 1.54) is 31.3 Å². The largest absolute Gasteiger partial charge is 0.508 e. The van der Waals surface area contributed by atoms with Gasteiger partial charge in [0.2, 0.25) is 10.0 Å². The van der Waals surface area contributed by atoms with Gasteiger partial charge in [-0.3, -0.25) is 9.10 Å². The van der Waals surface area contributed by atoms with Gasteiger partial charge in [-0.05, 0) is 61.5 Å². The average molecular weight is 745 g/mol. The first-order valence-electron chi connectivity index (χ1n) is 16.4. The summed E-state index contributed by atoms with van der Waals surface area (Å²) in [6, 6.07) is 15.6. The lowest BCUT2D eigenvalue weighted by Crippen LogP contribution is -2.39. The first-order chi connectivity index (χ1) is 25.0. The van der Waals surface area contributed by atoms with Crippen LogP contribution in [0.4, 0.5) is 14.9 Å². The van der Waals surface area contributed by atoms with Gasteiger partial charge in [-0.1, -0.05) is 0 Å². The molecule has 52 heavy (non-hydrogen) atoms. The van der Waals surface area contributed by atoms with Gasteiger partial charge in [-0.15, -0.1) is 0 Å². The summed E-state index contributed by atoms with van der Waals surface area (Å²) in [5.41, 5.74) is 1.83. The molecule has 0 bridgehead atoms. The standard InChI is InChI=1S/C36H41FN2O12S/c1-23-29-19-30-32(51-34(33(30)35(40)38-2)24-5-9-26(10-6-24)50-27-11-7-25(37)8-12-27)20-31(29)39(52(4,42)43)21-28(49-23)22-48-36(41)47-18-17-46-16-15-45-14-13-44-3/h5-12,19-20,23,28H,13-18,21-22H2,1-4H3,(H,38,40)/t23-,28-/m0/s1. The van der Waals surface area contributed by atoms with Crippen molar-refractivity contribution in [1.82, 2.24) is 5.32 Å². The number of ether oxygens (including phenoxy) is 7. The van der Waals surface area contributed by atoms with Gasteiger partial charge >= 0.3 is 6.16 Å². The van der Waals surface area contributed by atoms with Gasteiger partial charge in [0, 0.05) is 36.7 Å². The summed E-state index contributed by atoms with van der Waals surface area (Å²) >= 11 is 0. The molecule has 1 aromatic heterocycles. The first kappa shape index (κ1) is 38.5. The number of benzene rings is 3. The number of amides is 1. The highest BCUT2D eigenvalue weighted by Crippen LogP contribution is 2.42. The summed E-state index contributed by atoms with van der Waals surface area (Å²) in [6.07, 6.45) is -1.44. The van der Waals surface area contributed by atoms with Crippen molar-refractivity contribution in [3.8, 4) is 22.8 Å². The molecule has 1 amide bonds. The molecule has 14 nitrogen and oxygen atoms in total. The lowest BCUT2D eigenvalue weighted by atomic mass is 10.0. The minimum Gasteiger partial charge on any atom is -0.457 e. The van der Waals surface area contributed by atoms with Crippen LogP contribution >= 0.6 is 0 Å². The zero-order chi connectivity index (χ0) is 37.3. The number of fused-ring (bicyclic) bond motifs is 2. The van der Waals surface area contributed by atoms with Crippen molar-refractivity contribution in [3.63, 3.8) is 0 Å². The minimum absolute atomic E-state index is 0.0532. The van der Waals surface area contributed by atoms with Crippen molar-refractivity contribution in [1.29, 1.82) is 0 Å². The molecular formula is C36H41FN2O12S. The normalized spacial score (nSPS) is 15.9. The molecule has 0 radical (unpaired) electrons. The number of nitrogens with zero attached hydrogens (tertiary/aromatic N) is 1. The molecular weight excluding hydrogens is 703 g/mol. The Balaban J connectivity index is 1.32. The first-order valence-corrected chi connectivity index (χ1v) is 18.3. The lowest BCUT2D eigenvalue weighted by molar-refractivity contribution is -0.0445. The average Bonchev–Trinajstić information content (AvgIpc) is 3.43. The van der Waals surface area contributed by atoms with E-state index in [-0.39, 0.29) is 49.1 Å². The van der Waals surface area contributed by atoms with E-state index in [2.05, 4.69) is 5.32 Å². The maximum Gasteiger partial charge on any atom is 0.508 e. The molecule has 0 spiro atoms. The van der Waals surface area contributed by atoms with Gasteiger partial charge in [0.05, 0.1) is 63.2 Å². The zero-order valence-electron chi connectivity index (χ0n) is 29.2. The minimum atomic E-state index is -3.87. The molecule has 0 unspecified atom stereocenters. The second-order valence-corrected chi connectivity index (χ2v) is 13.6. The Morgan fingerprint density at radius 3 is 2.19 bits per heavy atom. The molecule has 5 rings (SSSR count). The fourth-order valence-electron chi connectivity index (χ4n) is 5.50. The van der Waals surface area contributed by atoms with Crippen LogP contribution in [0.15, 0.2) is 65.1 Å². The van der Waals surface area contributed by atoms with E-state index in [4.69, 9.17) is 37.6 Å². The third-order valence-electron chi connectivity index (χ3n) is 7.97. The maximum atomic E-state index is 13.3. The molecule has 2 atom stereocenters. The number of halogens is 1. The predicted octanol–water partition coefficient (Wildman–Crippen LogP) is 5.45. The molecule has 0 saturated heterocycles. The number of nitrogens with one attached hydrogen (secondary N) is 1. The monoisotopic (exact) mass is 744 g/mol. The number of carbonyl (C=O) groups is 2. The summed E-state index contributed by atoms with van der Waals surface area (Å²) in [5, 5.41) is 3.09. The summed E-state index contributed by atoms with van der Waals surface area (Å²) in [5.74, 6) is 0.378. The zero-order valence-corrected chi connectivity index (χ0v) is 30.0. The lowest BCUT2D eigenvalue weighted by Gasteiger charge is -2.24. The third-order valence-corrected chi connectivity index (χ3v) is 9.12. The van der Waals surface area contributed by atoms with E-state index in [0.717, 1.165) is 10.6 Å². The van der Waals surface area contributed by atoms with E-state index in [9.17, 15) is 22.4 Å². The van der Waals surface area contributed by atoms with E-state index in [1.54, 1.807) is 50.4 Å². The predicted molar refractivity (Wildman–Crippen MR) is 188 cm³/mol. The Morgan fingerprint density at radius 1 is 0.923 bits per heavy atom. The summed E-state index contributed by atoms with van der Waals surface area (Å²) in [4.78, 5) is 25.6. The van der Waals surface area contributed by atoms with Crippen molar-refractivity contribution in [2.24, 2.45) is 0 Å². The number of furan rings is 1. The van der Waals surface area contributed by atoms with E-state index in [1.807, 2.05) is 0 Å². The van der Waals surface area contributed by atoms with Crippen LogP contribution in [0, 0.1) is 5.82 Å². The van der Waals surface area contributed by atoms with Crippen LogP contribution in [0.2, 0.25) is 0 Å². The van der Waals surface area contributed by atoms with Crippen LogP contribution in [0.3, 0.4) is 0 Å². The highest BCUT2D eigenvalue weighted by Gasteiger charge is 2.34. The second-order valence-electron chi connectivity index (χ2n) is 11.7. The van der Waals surface area contributed by atoms with Gasteiger partial charge < -0.3 is 42.9 Å². The molecule has 1 N–H and O–H groups in total. The highest BCUT2D eigenvalue weighted by molar-refractivity contribution is 7.92. The van der Waals surface area contributed by atoms with E-state index < -0.39 is 34.3 Å². The summed E-state index contributed by atoms with van der Waals surface area (Å²) in [6.45, 7) is 2.97. The highest BCUT2D eigenvalue weighted by atomic mass is 32.2. The molecule has 1 aliphatic rings. The number of carbonyl (C=O) groups excluding carboxylic acids is 2. The van der Waals surface area contributed by atoms with E-state index in [0.29, 0.717) is 60.1 Å². The van der Waals surface area contributed by atoms with Gasteiger partial charge in [0.25, 0.3) is 5.91 Å².